The monoisotopic (exact) mass is 193 g/mol. The lowest BCUT2D eigenvalue weighted by atomic mass is 9.85. The highest BCUT2D eigenvalue weighted by molar-refractivity contribution is 5.24. The molecule has 14 heavy (non-hydrogen) atoms. The van der Waals surface area contributed by atoms with Gasteiger partial charge in [-0.05, 0) is 24.0 Å². The highest BCUT2D eigenvalue weighted by Crippen LogP contribution is 2.29. The molecule has 2 rings (SSSR count). The van der Waals surface area contributed by atoms with E-state index in [2.05, 4.69) is 10.9 Å². The first-order valence-electron chi connectivity index (χ1n) is 5.52. The smallest absolute Gasteiger partial charge is 0.115 e. The maximum atomic E-state index is 5.68. The molecule has 4 N–H and O–H groups in total. The van der Waals surface area contributed by atoms with Crippen LogP contribution in [0.25, 0.3) is 0 Å². The summed E-state index contributed by atoms with van der Waals surface area (Å²) in [4.78, 5) is 0. The van der Waals surface area contributed by atoms with E-state index >= 15 is 0 Å². The van der Waals surface area contributed by atoms with Crippen LogP contribution in [-0.2, 0) is 0 Å². The summed E-state index contributed by atoms with van der Waals surface area (Å²) in [6, 6.07) is 0. The van der Waals surface area contributed by atoms with Crippen molar-refractivity contribution in [1.82, 2.24) is 10.9 Å². The Morgan fingerprint density at radius 3 is 2.79 bits per heavy atom. The molecule has 0 atom stereocenters. The first kappa shape index (κ1) is 9.44. The van der Waals surface area contributed by atoms with Gasteiger partial charge in [0.15, 0.2) is 0 Å². The highest BCUT2D eigenvalue weighted by atomic mass is 15.4. The second-order valence-electron chi connectivity index (χ2n) is 4.30. The molecule has 0 unspecified atom stereocenters. The zero-order valence-corrected chi connectivity index (χ0v) is 8.55. The molecule has 0 aromatic carbocycles. The van der Waals surface area contributed by atoms with E-state index in [4.69, 9.17) is 5.73 Å². The third kappa shape index (κ3) is 2.44. The third-order valence-electron chi connectivity index (χ3n) is 3.06. The average molecular weight is 193 g/mol. The van der Waals surface area contributed by atoms with E-state index in [0.717, 1.165) is 11.7 Å². The molecule has 3 nitrogen and oxygen atoms in total. The largest absolute Gasteiger partial charge is 0.384 e. The lowest BCUT2D eigenvalue weighted by Crippen LogP contribution is -2.33. The van der Waals surface area contributed by atoms with Crippen LogP contribution in [0.2, 0.25) is 0 Å². The van der Waals surface area contributed by atoms with E-state index in [0.29, 0.717) is 0 Å². The van der Waals surface area contributed by atoms with Crippen LogP contribution < -0.4 is 16.6 Å². The van der Waals surface area contributed by atoms with Gasteiger partial charge in [0.2, 0.25) is 0 Å². The number of nitrogens with two attached hydrogens (primary N) is 1. The average Bonchev–Trinajstić information content (AvgIpc) is 2.19. The predicted molar refractivity (Wildman–Crippen MR) is 57.8 cm³/mol. The fourth-order valence-electron chi connectivity index (χ4n) is 2.33. The first-order chi connectivity index (χ1) is 6.84. The van der Waals surface area contributed by atoms with E-state index in [1.807, 2.05) is 12.3 Å². The van der Waals surface area contributed by atoms with Gasteiger partial charge in [-0.3, -0.25) is 5.43 Å². The van der Waals surface area contributed by atoms with Gasteiger partial charge >= 0.3 is 0 Å². The van der Waals surface area contributed by atoms with Crippen LogP contribution in [0.3, 0.4) is 0 Å². The lowest BCUT2D eigenvalue weighted by molar-refractivity contribution is 0.356. The normalized spacial score (nSPS) is 23.1. The van der Waals surface area contributed by atoms with Crippen molar-refractivity contribution in [3.05, 3.63) is 23.7 Å². The lowest BCUT2D eigenvalue weighted by Gasteiger charge is -2.23. The Morgan fingerprint density at radius 1 is 1.29 bits per heavy atom. The minimum Gasteiger partial charge on any atom is -0.384 e. The SMILES string of the molecule is NC1=CC(CC2CCCCC2)=CNN1. The van der Waals surface area contributed by atoms with Crippen molar-refractivity contribution >= 4 is 0 Å². The molecule has 78 valence electrons. The number of nitrogens with one attached hydrogen (secondary N) is 2. The fraction of sp³-hybridized carbons (Fsp3) is 0.636. The van der Waals surface area contributed by atoms with Gasteiger partial charge in [0, 0.05) is 6.20 Å². The Morgan fingerprint density at radius 2 is 2.07 bits per heavy atom. The standard InChI is InChI=1S/C11H19N3/c12-11-7-10(8-13-14-11)6-9-4-2-1-3-5-9/h7-9,13-14H,1-6,12H2. The van der Waals surface area contributed by atoms with Crippen LogP contribution in [0.15, 0.2) is 23.7 Å². The number of hydrogen-bond donors (Lipinski definition) is 3. The summed E-state index contributed by atoms with van der Waals surface area (Å²) in [7, 11) is 0. The molecular weight excluding hydrogens is 174 g/mol. The molecule has 0 spiro atoms. The molecule has 0 bridgehead atoms. The van der Waals surface area contributed by atoms with Crippen molar-refractivity contribution in [2.75, 3.05) is 0 Å². The maximum absolute atomic E-state index is 5.68. The fourth-order valence-corrected chi connectivity index (χ4v) is 2.33. The Hall–Kier alpha value is -1.12. The molecule has 1 aliphatic heterocycles. The molecule has 0 saturated heterocycles. The zero-order valence-electron chi connectivity index (χ0n) is 8.55. The Bertz CT molecular complexity index is 249. The predicted octanol–water partition coefficient (Wildman–Crippen LogP) is 1.75. The van der Waals surface area contributed by atoms with E-state index in [1.54, 1.807) is 0 Å². The summed E-state index contributed by atoms with van der Waals surface area (Å²) >= 11 is 0. The summed E-state index contributed by atoms with van der Waals surface area (Å²) in [5.41, 5.74) is 12.8. The Kier molecular flexibility index (Phi) is 2.96. The van der Waals surface area contributed by atoms with Crippen LogP contribution in [-0.4, -0.2) is 0 Å². The van der Waals surface area contributed by atoms with Gasteiger partial charge in [-0.15, -0.1) is 0 Å². The summed E-state index contributed by atoms with van der Waals surface area (Å²) in [5, 5.41) is 0. The Balaban J connectivity index is 1.87. The quantitative estimate of drug-likeness (QED) is 0.626. The summed E-state index contributed by atoms with van der Waals surface area (Å²) in [6.45, 7) is 0. The van der Waals surface area contributed by atoms with Gasteiger partial charge in [-0.1, -0.05) is 32.1 Å². The van der Waals surface area contributed by atoms with Crippen molar-refractivity contribution < 1.29 is 0 Å². The van der Waals surface area contributed by atoms with Gasteiger partial charge in [0.1, 0.15) is 5.82 Å². The van der Waals surface area contributed by atoms with Crippen molar-refractivity contribution in [3.63, 3.8) is 0 Å². The number of hydrazine groups is 1. The van der Waals surface area contributed by atoms with Gasteiger partial charge < -0.3 is 11.2 Å². The van der Waals surface area contributed by atoms with Crippen molar-refractivity contribution in [3.8, 4) is 0 Å². The molecule has 3 heteroatoms. The van der Waals surface area contributed by atoms with Crippen molar-refractivity contribution in [2.24, 2.45) is 11.7 Å². The van der Waals surface area contributed by atoms with Gasteiger partial charge in [-0.25, -0.2) is 0 Å². The van der Waals surface area contributed by atoms with E-state index in [1.165, 1.54) is 44.1 Å². The van der Waals surface area contributed by atoms with Crippen LogP contribution >= 0.6 is 0 Å². The molecule has 1 fully saturated rings. The molecular formula is C11H19N3. The topological polar surface area (TPSA) is 50.1 Å². The van der Waals surface area contributed by atoms with Gasteiger partial charge in [-0.2, -0.15) is 0 Å². The zero-order chi connectivity index (χ0) is 9.80. The summed E-state index contributed by atoms with van der Waals surface area (Å²) < 4.78 is 0. The van der Waals surface area contributed by atoms with E-state index in [9.17, 15) is 0 Å². The molecule has 2 aliphatic rings. The number of rotatable bonds is 2. The molecule has 0 radical (unpaired) electrons. The van der Waals surface area contributed by atoms with Crippen molar-refractivity contribution in [2.45, 2.75) is 38.5 Å². The van der Waals surface area contributed by atoms with Crippen LogP contribution in [0.1, 0.15) is 38.5 Å². The molecule has 1 aliphatic carbocycles. The highest BCUT2D eigenvalue weighted by Gasteiger charge is 2.15. The number of hydrogen-bond acceptors (Lipinski definition) is 3. The maximum Gasteiger partial charge on any atom is 0.115 e. The molecule has 1 heterocycles. The molecule has 0 aromatic heterocycles. The summed E-state index contributed by atoms with van der Waals surface area (Å²) in [6.07, 6.45) is 12.2. The number of allylic oxidation sites excluding steroid dienone is 2. The molecule has 0 amide bonds. The van der Waals surface area contributed by atoms with Crippen LogP contribution in [0.5, 0.6) is 0 Å². The molecule has 0 aromatic rings. The van der Waals surface area contributed by atoms with Crippen molar-refractivity contribution in [1.29, 1.82) is 0 Å². The van der Waals surface area contributed by atoms with E-state index in [-0.39, 0.29) is 0 Å². The van der Waals surface area contributed by atoms with E-state index < -0.39 is 0 Å². The molecule has 1 saturated carbocycles. The third-order valence-corrected chi connectivity index (χ3v) is 3.06. The second-order valence-corrected chi connectivity index (χ2v) is 4.30. The minimum absolute atomic E-state index is 0.721. The van der Waals surface area contributed by atoms with Gasteiger partial charge in [0.25, 0.3) is 0 Å². The second kappa shape index (κ2) is 4.40. The van der Waals surface area contributed by atoms with Gasteiger partial charge in [0.05, 0.1) is 0 Å². The van der Waals surface area contributed by atoms with Crippen LogP contribution in [0.4, 0.5) is 0 Å². The summed E-state index contributed by atoms with van der Waals surface area (Å²) in [5.74, 6) is 1.59. The minimum atomic E-state index is 0.721. The Labute approximate surface area is 85.4 Å². The van der Waals surface area contributed by atoms with Crippen LogP contribution in [0, 0.1) is 5.92 Å². The first-order valence-corrected chi connectivity index (χ1v) is 5.52.